The van der Waals surface area contributed by atoms with Crippen molar-refractivity contribution in [3.8, 4) is 0 Å². The third-order valence-corrected chi connectivity index (χ3v) is 2.44. The topological polar surface area (TPSA) is 38.0 Å². The first-order valence-corrected chi connectivity index (χ1v) is 5.41. The highest BCUT2D eigenvalue weighted by atomic mass is 19.1. The lowest BCUT2D eigenvalue weighted by Crippen LogP contribution is -2.30. The molecule has 0 bridgehead atoms. The minimum Gasteiger partial charge on any atom is -0.330 e. The van der Waals surface area contributed by atoms with Crippen LogP contribution < -0.4 is 11.1 Å². The van der Waals surface area contributed by atoms with Crippen LogP contribution in [0.4, 0.5) is 4.39 Å². The Kier molecular flexibility index (Phi) is 5.29. The summed E-state index contributed by atoms with van der Waals surface area (Å²) in [5.41, 5.74) is 6.20. The molecule has 0 radical (unpaired) electrons. The second kappa shape index (κ2) is 6.53. The summed E-state index contributed by atoms with van der Waals surface area (Å²) in [4.78, 5) is 0. The minimum atomic E-state index is -0.120. The second-order valence-electron chi connectivity index (χ2n) is 3.77. The molecule has 0 aromatic heterocycles. The van der Waals surface area contributed by atoms with Crippen LogP contribution in [0.3, 0.4) is 0 Å². The number of benzene rings is 1. The summed E-state index contributed by atoms with van der Waals surface area (Å²) < 4.78 is 13.2. The van der Waals surface area contributed by atoms with Crippen molar-refractivity contribution in [2.24, 2.45) is 5.73 Å². The molecule has 0 heterocycles. The summed E-state index contributed by atoms with van der Waals surface area (Å²) >= 11 is 0. The van der Waals surface area contributed by atoms with E-state index in [1.807, 2.05) is 12.1 Å². The van der Waals surface area contributed by atoms with Gasteiger partial charge in [-0.05, 0) is 44.5 Å². The van der Waals surface area contributed by atoms with Crippen LogP contribution in [0, 0.1) is 5.82 Å². The molecule has 0 aliphatic carbocycles. The highest BCUT2D eigenvalue weighted by Gasteiger charge is 2.02. The van der Waals surface area contributed by atoms with E-state index in [1.54, 1.807) is 6.07 Å². The summed E-state index contributed by atoms with van der Waals surface area (Å²) in [5.74, 6) is -0.120. The lowest BCUT2D eigenvalue weighted by atomic mass is 10.1. The van der Waals surface area contributed by atoms with Crippen molar-refractivity contribution in [1.29, 1.82) is 0 Å². The van der Waals surface area contributed by atoms with Gasteiger partial charge in [-0.25, -0.2) is 4.39 Å². The fourth-order valence-electron chi connectivity index (χ4n) is 1.51. The molecule has 84 valence electrons. The molecule has 1 atom stereocenters. The zero-order chi connectivity index (χ0) is 11.1. The van der Waals surface area contributed by atoms with Gasteiger partial charge in [-0.15, -0.1) is 0 Å². The first-order valence-electron chi connectivity index (χ1n) is 5.41. The normalized spacial score (nSPS) is 12.7. The molecule has 3 N–H and O–H groups in total. The molecule has 0 spiro atoms. The van der Waals surface area contributed by atoms with Crippen molar-refractivity contribution in [2.75, 3.05) is 13.1 Å². The Balaban J connectivity index is 2.29. The van der Waals surface area contributed by atoms with Gasteiger partial charge in [-0.3, -0.25) is 0 Å². The van der Waals surface area contributed by atoms with E-state index in [9.17, 15) is 4.39 Å². The smallest absolute Gasteiger partial charge is 0.126 e. The number of rotatable bonds is 6. The van der Waals surface area contributed by atoms with E-state index < -0.39 is 0 Å². The maximum absolute atomic E-state index is 13.2. The van der Waals surface area contributed by atoms with Crippen molar-refractivity contribution in [3.63, 3.8) is 0 Å². The highest BCUT2D eigenvalue weighted by Crippen LogP contribution is 2.06. The first kappa shape index (κ1) is 12.1. The predicted octanol–water partition coefficient (Wildman–Crippen LogP) is 1.70. The second-order valence-corrected chi connectivity index (χ2v) is 3.77. The predicted molar refractivity (Wildman–Crippen MR) is 61.2 cm³/mol. The van der Waals surface area contributed by atoms with E-state index in [2.05, 4.69) is 12.2 Å². The Morgan fingerprint density at radius 2 is 2.13 bits per heavy atom. The quantitative estimate of drug-likeness (QED) is 0.750. The Bertz CT molecular complexity index is 289. The van der Waals surface area contributed by atoms with Crippen molar-refractivity contribution in [1.82, 2.24) is 5.32 Å². The van der Waals surface area contributed by atoms with Gasteiger partial charge in [0.1, 0.15) is 5.82 Å². The van der Waals surface area contributed by atoms with Crippen molar-refractivity contribution in [3.05, 3.63) is 35.6 Å². The molecule has 0 aliphatic rings. The molecule has 0 fully saturated rings. The van der Waals surface area contributed by atoms with Crippen LogP contribution in [0.1, 0.15) is 18.9 Å². The lowest BCUT2D eigenvalue weighted by molar-refractivity contribution is 0.517. The largest absolute Gasteiger partial charge is 0.330 e. The molecule has 1 unspecified atom stereocenters. The van der Waals surface area contributed by atoms with Gasteiger partial charge in [-0.1, -0.05) is 18.2 Å². The van der Waals surface area contributed by atoms with Gasteiger partial charge in [0.15, 0.2) is 0 Å². The van der Waals surface area contributed by atoms with E-state index in [1.165, 1.54) is 6.07 Å². The molecule has 1 aromatic rings. The fraction of sp³-hybridized carbons (Fsp3) is 0.500. The van der Waals surface area contributed by atoms with E-state index in [-0.39, 0.29) is 5.82 Å². The molecule has 0 saturated carbocycles. The van der Waals surface area contributed by atoms with E-state index >= 15 is 0 Å². The van der Waals surface area contributed by atoms with Gasteiger partial charge >= 0.3 is 0 Å². The van der Waals surface area contributed by atoms with Gasteiger partial charge in [-0.2, -0.15) is 0 Å². The number of nitrogens with two attached hydrogens (primary N) is 1. The summed E-state index contributed by atoms with van der Waals surface area (Å²) in [6, 6.07) is 7.30. The molecule has 2 nitrogen and oxygen atoms in total. The third-order valence-electron chi connectivity index (χ3n) is 2.44. The van der Waals surface area contributed by atoms with Crippen LogP contribution in [0.15, 0.2) is 24.3 Å². The Morgan fingerprint density at radius 1 is 1.40 bits per heavy atom. The number of halogens is 1. The standard InChI is InChI=1S/C12H19FN2/c1-10(6-8-14)15-9-7-11-4-2-3-5-12(11)13/h2-5,10,15H,6-9,14H2,1H3. The van der Waals surface area contributed by atoms with E-state index in [4.69, 9.17) is 5.73 Å². The minimum absolute atomic E-state index is 0.120. The molecule has 1 rings (SSSR count). The van der Waals surface area contributed by atoms with Crippen LogP contribution in [0.2, 0.25) is 0 Å². The molecule has 0 saturated heterocycles. The summed E-state index contributed by atoms with van der Waals surface area (Å²) in [7, 11) is 0. The number of nitrogens with one attached hydrogen (secondary N) is 1. The zero-order valence-corrected chi connectivity index (χ0v) is 9.17. The van der Waals surface area contributed by atoms with Gasteiger partial charge in [0, 0.05) is 6.04 Å². The lowest BCUT2D eigenvalue weighted by Gasteiger charge is -2.12. The maximum atomic E-state index is 13.2. The molecule has 1 aromatic carbocycles. The van der Waals surface area contributed by atoms with Crippen LogP contribution >= 0.6 is 0 Å². The number of hydrogen-bond donors (Lipinski definition) is 2. The summed E-state index contributed by atoms with van der Waals surface area (Å²) in [6.45, 7) is 3.57. The van der Waals surface area contributed by atoms with Gasteiger partial charge in [0.2, 0.25) is 0 Å². The maximum Gasteiger partial charge on any atom is 0.126 e. The Morgan fingerprint density at radius 3 is 2.80 bits per heavy atom. The average molecular weight is 210 g/mol. The molecular weight excluding hydrogens is 191 g/mol. The number of hydrogen-bond acceptors (Lipinski definition) is 2. The highest BCUT2D eigenvalue weighted by molar-refractivity contribution is 5.17. The third kappa shape index (κ3) is 4.40. The van der Waals surface area contributed by atoms with Crippen LogP contribution in [-0.4, -0.2) is 19.1 Å². The summed E-state index contributed by atoms with van der Waals surface area (Å²) in [6.07, 6.45) is 1.68. The summed E-state index contributed by atoms with van der Waals surface area (Å²) in [5, 5.41) is 3.31. The van der Waals surface area contributed by atoms with Gasteiger partial charge in [0.25, 0.3) is 0 Å². The molecule has 15 heavy (non-hydrogen) atoms. The Labute approximate surface area is 90.7 Å². The van der Waals surface area contributed by atoms with Crippen LogP contribution in [0.25, 0.3) is 0 Å². The van der Waals surface area contributed by atoms with Crippen LogP contribution in [0.5, 0.6) is 0 Å². The monoisotopic (exact) mass is 210 g/mol. The first-order chi connectivity index (χ1) is 7.24. The SMILES string of the molecule is CC(CCN)NCCc1ccccc1F. The molecule has 0 aliphatic heterocycles. The average Bonchev–Trinajstić information content (AvgIpc) is 2.21. The van der Waals surface area contributed by atoms with E-state index in [0.29, 0.717) is 12.6 Å². The fourth-order valence-corrected chi connectivity index (χ4v) is 1.51. The van der Waals surface area contributed by atoms with Crippen molar-refractivity contribution < 1.29 is 4.39 Å². The van der Waals surface area contributed by atoms with Gasteiger partial charge in [0.05, 0.1) is 0 Å². The van der Waals surface area contributed by atoms with Crippen molar-refractivity contribution >= 4 is 0 Å². The molecule has 0 amide bonds. The van der Waals surface area contributed by atoms with E-state index in [0.717, 1.165) is 24.9 Å². The Hall–Kier alpha value is -0.930. The van der Waals surface area contributed by atoms with Gasteiger partial charge < -0.3 is 11.1 Å². The molecule has 3 heteroatoms. The van der Waals surface area contributed by atoms with Crippen molar-refractivity contribution in [2.45, 2.75) is 25.8 Å². The molecular formula is C12H19FN2. The zero-order valence-electron chi connectivity index (χ0n) is 9.17. The van der Waals surface area contributed by atoms with Crippen LogP contribution in [-0.2, 0) is 6.42 Å².